The Morgan fingerprint density at radius 2 is 1.88 bits per heavy atom. The van der Waals surface area contributed by atoms with Crippen molar-refractivity contribution in [3.63, 3.8) is 0 Å². The van der Waals surface area contributed by atoms with Gasteiger partial charge in [0.05, 0.1) is 6.26 Å². The highest BCUT2D eigenvalue weighted by molar-refractivity contribution is 7.03. The number of nitrogens with zero attached hydrogens (tertiary/aromatic N) is 3. The van der Waals surface area contributed by atoms with Gasteiger partial charge in [-0.25, -0.2) is 0 Å². The van der Waals surface area contributed by atoms with Crippen LogP contribution in [0.1, 0.15) is 39.0 Å². The second kappa shape index (κ2) is 9.57. The molecule has 0 fully saturated rings. The molecule has 2 heterocycles. The van der Waals surface area contributed by atoms with Gasteiger partial charge in [0, 0.05) is 17.6 Å². The van der Waals surface area contributed by atoms with Crippen LogP contribution in [0.15, 0.2) is 76.7 Å². The molecule has 0 aliphatic heterocycles. The third-order valence-corrected chi connectivity index (χ3v) is 5.70. The smallest absolute Gasteiger partial charge is 0.280 e. The summed E-state index contributed by atoms with van der Waals surface area (Å²) in [6, 6.07) is 17.6. The Morgan fingerprint density at radius 3 is 2.53 bits per heavy atom. The Hall–Kier alpha value is -3.78. The number of carbonyl (C=O) groups excluding carboxylic acids is 2. The van der Waals surface area contributed by atoms with Crippen LogP contribution in [0.25, 0.3) is 0 Å². The van der Waals surface area contributed by atoms with Gasteiger partial charge in [0.2, 0.25) is 0 Å². The average Bonchev–Trinajstić information content (AvgIpc) is 3.53. The van der Waals surface area contributed by atoms with Crippen LogP contribution < -0.4 is 10.2 Å². The van der Waals surface area contributed by atoms with Crippen molar-refractivity contribution in [1.29, 1.82) is 0 Å². The second-order valence-electron chi connectivity index (χ2n) is 7.36. The van der Waals surface area contributed by atoms with E-state index in [1.165, 1.54) is 11.2 Å². The van der Waals surface area contributed by atoms with E-state index in [1.807, 2.05) is 62.4 Å². The molecule has 32 heavy (non-hydrogen) atoms. The Bertz CT molecular complexity index is 1190. The summed E-state index contributed by atoms with van der Waals surface area (Å²) in [5, 5.41) is 8.44. The lowest BCUT2D eigenvalue weighted by molar-refractivity contribution is -0.123. The van der Waals surface area contributed by atoms with E-state index in [0.717, 1.165) is 28.2 Å². The second-order valence-corrected chi connectivity index (χ2v) is 7.97. The SMILES string of the molecule is Cc1ccc(N(C(=O)c2csnn2)[C@@H](C(=O)NCc2ccccc2)c2ccco2)cc1C. The lowest BCUT2D eigenvalue weighted by Gasteiger charge is -2.29. The van der Waals surface area contributed by atoms with Gasteiger partial charge in [-0.05, 0) is 66.3 Å². The number of aryl methyl sites for hydroxylation is 2. The zero-order valence-corrected chi connectivity index (χ0v) is 18.5. The Labute approximate surface area is 189 Å². The predicted octanol–water partition coefficient (Wildman–Crippen LogP) is 4.45. The fraction of sp³-hybridized carbons (Fsp3) is 0.167. The topological polar surface area (TPSA) is 88.3 Å². The maximum absolute atomic E-state index is 13.5. The van der Waals surface area contributed by atoms with Gasteiger partial charge >= 0.3 is 0 Å². The summed E-state index contributed by atoms with van der Waals surface area (Å²) in [7, 11) is 0. The molecule has 0 aliphatic rings. The van der Waals surface area contributed by atoms with Crippen molar-refractivity contribution in [2.45, 2.75) is 26.4 Å². The molecule has 1 N–H and O–H groups in total. The highest BCUT2D eigenvalue weighted by Crippen LogP contribution is 2.31. The van der Waals surface area contributed by atoms with Gasteiger partial charge < -0.3 is 9.73 Å². The number of aromatic nitrogens is 2. The van der Waals surface area contributed by atoms with E-state index < -0.39 is 11.9 Å². The van der Waals surface area contributed by atoms with Gasteiger partial charge in [-0.15, -0.1) is 5.10 Å². The monoisotopic (exact) mass is 446 g/mol. The number of anilines is 1. The molecule has 0 saturated carbocycles. The van der Waals surface area contributed by atoms with Crippen molar-refractivity contribution in [3.05, 3.63) is 100 Å². The average molecular weight is 447 g/mol. The number of nitrogens with one attached hydrogen (secondary N) is 1. The number of hydrogen-bond donors (Lipinski definition) is 1. The molecule has 0 spiro atoms. The van der Waals surface area contributed by atoms with Gasteiger partial charge in [0.25, 0.3) is 11.8 Å². The van der Waals surface area contributed by atoms with Gasteiger partial charge in [0.15, 0.2) is 11.7 Å². The van der Waals surface area contributed by atoms with Crippen LogP contribution in [0.5, 0.6) is 0 Å². The number of rotatable bonds is 7. The number of carbonyl (C=O) groups is 2. The van der Waals surface area contributed by atoms with Crippen LogP contribution in [0, 0.1) is 13.8 Å². The molecule has 1 atom stereocenters. The van der Waals surface area contributed by atoms with Crippen LogP contribution in [-0.4, -0.2) is 21.4 Å². The quantitative estimate of drug-likeness (QED) is 0.453. The van der Waals surface area contributed by atoms with Crippen molar-refractivity contribution < 1.29 is 14.0 Å². The Balaban J connectivity index is 1.75. The van der Waals surface area contributed by atoms with Crippen molar-refractivity contribution in [1.82, 2.24) is 14.9 Å². The number of benzene rings is 2. The largest absolute Gasteiger partial charge is 0.467 e. The molecule has 162 valence electrons. The molecule has 2 amide bonds. The zero-order chi connectivity index (χ0) is 22.5. The maximum Gasteiger partial charge on any atom is 0.280 e. The molecule has 0 aliphatic carbocycles. The third kappa shape index (κ3) is 4.60. The molecular weight excluding hydrogens is 424 g/mol. The van der Waals surface area contributed by atoms with Crippen molar-refractivity contribution in [3.8, 4) is 0 Å². The molecular formula is C24H22N4O3S. The first-order valence-electron chi connectivity index (χ1n) is 10.1. The molecule has 7 nitrogen and oxygen atoms in total. The molecule has 0 bridgehead atoms. The fourth-order valence-corrected chi connectivity index (χ4v) is 3.77. The van der Waals surface area contributed by atoms with E-state index in [0.29, 0.717) is 18.0 Å². The highest BCUT2D eigenvalue weighted by atomic mass is 32.1. The van der Waals surface area contributed by atoms with Gasteiger partial charge in [0.1, 0.15) is 5.76 Å². The van der Waals surface area contributed by atoms with Crippen LogP contribution in [0.3, 0.4) is 0 Å². The maximum atomic E-state index is 13.5. The standard InChI is InChI=1S/C24H22N4O3S/c1-16-10-11-19(13-17(16)2)28(24(30)20-15-32-27-26-20)22(21-9-6-12-31-21)23(29)25-14-18-7-4-3-5-8-18/h3-13,15,22H,14H2,1-2H3,(H,25,29)/t22-/m1/s1. The zero-order valence-electron chi connectivity index (χ0n) is 17.7. The van der Waals surface area contributed by atoms with Gasteiger partial charge in [-0.1, -0.05) is 40.9 Å². The minimum absolute atomic E-state index is 0.167. The Morgan fingerprint density at radius 1 is 1.06 bits per heavy atom. The number of amides is 2. The van der Waals surface area contributed by atoms with E-state index in [4.69, 9.17) is 4.42 Å². The molecule has 2 aromatic carbocycles. The molecule has 4 aromatic rings. The molecule has 8 heteroatoms. The van der Waals surface area contributed by atoms with E-state index in [9.17, 15) is 9.59 Å². The van der Waals surface area contributed by atoms with E-state index >= 15 is 0 Å². The third-order valence-electron chi connectivity index (χ3n) is 5.20. The fourth-order valence-electron chi connectivity index (χ4n) is 3.34. The first kappa shape index (κ1) is 21.5. The van der Waals surface area contributed by atoms with E-state index in [-0.39, 0.29) is 11.6 Å². The lowest BCUT2D eigenvalue weighted by Crippen LogP contribution is -2.44. The van der Waals surface area contributed by atoms with Crippen LogP contribution >= 0.6 is 11.5 Å². The molecule has 4 rings (SSSR count). The van der Waals surface area contributed by atoms with Crippen molar-refractivity contribution >= 4 is 29.0 Å². The highest BCUT2D eigenvalue weighted by Gasteiger charge is 2.36. The van der Waals surface area contributed by atoms with Crippen molar-refractivity contribution in [2.24, 2.45) is 0 Å². The number of furan rings is 1. The summed E-state index contributed by atoms with van der Waals surface area (Å²) >= 11 is 1.08. The lowest BCUT2D eigenvalue weighted by atomic mass is 10.1. The van der Waals surface area contributed by atoms with E-state index in [2.05, 4.69) is 14.9 Å². The summed E-state index contributed by atoms with van der Waals surface area (Å²) < 4.78 is 9.42. The minimum Gasteiger partial charge on any atom is -0.467 e. The summed E-state index contributed by atoms with van der Waals surface area (Å²) in [6.07, 6.45) is 1.49. The summed E-state index contributed by atoms with van der Waals surface area (Å²) in [6.45, 7) is 4.28. The van der Waals surface area contributed by atoms with Crippen LogP contribution in [0.2, 0.25) is 0 Å². The van der Waals surface area contributed by atoms with Crippen molar-refractivity contribution in [2.75, 3.05) is 4.90 Å². The normalized spacial score (nSPS) is 11.7. The first-order valence-corrected chi connectivity index (χ1v) is 10.9. The first-order chi connectivity index (χ1) is 15.5. The van der Waals surface area contributed by atoms with Crippen LogP contribution in [0.4, 0.5) is 5.69 Å². The molecule has 0 radical (unpaired) electrons. The van der Waals surface area contributed by atoms with E-state index in [1.54, 1.807) is 17.5 Å². The predicted molar refractivity (Wildman–Crippen MR) is 122 cm³/mol. The Kier molecular flexibility index (Phi) is 6.42. The van der Waals surface area contributed by atoms with Crippen LogP contribution in [-0.2, 0) is 11.3 Å². The van der Waals surface area contributed by atoms with Gasteiger partial charge in [-0.2, -0.15) is 0 Å². The minimum atomic E-state index is -1.02. The number of hydrogen-bond acceptors (Lipinski definition) is 6. The molecule has 2 aromatic heterocycles. The summed E-state index contributed by atoms with van der Waals surface area (Å²) in [5.74, 6) is -0.442. The summed E-state index contributed by atoms with van der Waals surface area (Å²) in [5.41, 5.74) is 3.77. The van der Waals surface area contributed by atoms with Gasteiger partial charge in [-0.3, -0.25) is 14.5 Å². The summed E-state index contributed by atoms with van der Waals surface area (Å²) in [4.78, 5) is 28.4. The molecule has 0 unspecified atom stereocenters. The molecule has 0 saturated heterocycles.